The summed E-state index contributed by atoms with van der Waals surface area (Å²) < 4.78 is 50.3. The lowest BCUT2D eigenvalue weighted by molar-refractivity contribution is 0.575. The SMILES string of the molecule is Cc1cc(S(N)(=O)=O)ccc1NS(=O)(=O)NC(C)C. The molecule has 0 amide bonds. The third-order valence-corrected chi connectivity index (χ3v) is 4.34. The Bertz CT molecular complexity index is 666. The number of anilines is 1. The summed E-state index contributed by atoms with van der Waals surface area (Å²) in [6.07, 6.45) is 0. The standard InChI is InChI=1S/C10H17N3O4S2/c1-7(2)12-19(16,17)13-10-5-4-9(6-8(10)3)18(11,14)15/h4-7,12-13H,1-3H3,(H2,11,14,15). The average Bonchev–Trinajstić information content (AvgIpc) is 2.16. The number of primary sulfonamides is 1. The van der Waals surface area contributed by atoms with E-state index in [9.17, 15) is 16.8 Å². The number of aryl methyl sites for hydroxylation is 1. The first kappa shape index (κ1) is 15.9. The van der Waals surface area contributed by atoms with Crippen molar-refractivity contribution in [3.63, 3.8) is 0 Å². The second-order valence-electron chi connectivity index (χ2n) is 4.40. The Morgan fingerprint density at radius 3 is 2.16 bits per heavy atom. The molecule has 9 heteroatoms. The molecule has 1 aromatic carbocycles. The number of sulfonamides is 1. The van der Waals surface area contributed by atoms with Crippen LogP contribution in [0.4, 0.5) is 5.69 Å². The van der Waals surface area contributed by atoms with Crippen molar-refractivity contribution in [3.8, 4) is 0 Å². The summed E-state index contributed by atoms with van der Waals surface area (Å²) in [7, 11) is -7.48. The Morgan fingerprint density at radius 2 is 1.74 bits per heavy atom. The maximum absolute atomic E-state index is 11.7. The van der Waals surface area contributed by atoms with E-state index in [1.54, 1.807) is 20.8 Å². The second-order valence-corrected chi connectivity index (χ2v) is 7.41. The van der Waals surface area contributed by atoms with Crippen LogP contribution in [0.2, 0.25) is 0 Å². The number of nitrogens with one attached hydrogen (secondary N) is 2. The molecule has 0 saturated carbocycles. The van der Waals surface area contributed by atoms with Crippen LogP contribution in [0.5, 0.6) is 0 Å². The van der Waals surface area contributed by atoms with Crippen molar-refractivity contribution >= 4 is 25.9 Å². The highest BCUT2D eigenvalue weighted by molar-refractivity contribution is 7.90. The summed E-state index contributed by atoms with van der Waals surface area (Å²) in [5.74, 6) is 0. The van der Waals surface area contributed by atoms with Gasteiger partial charge in [0.2, 0.25) is 10.0 Å². The van der Waals surface area contributed by atoms with E-state index in [4.69, 9.17) is 5.14 Å². The normalized spacial score (nSPS) is 12.7. The van der Waals surface area contributed by atoms with Gasteiger partial charge in [-0.1, -0.05) is 0 Å². The van der Waals surface area contributed by atoms with E-state index in [-0.39, 0.29) is 10.9 Å². The summed E-state index contributed by atoms with van der Waals surface area (Å²) in [5.41, 5.74) is 0.751. The van der Waals surface area contributed by atoms with Crippen molar-refractivity contribution in [1.82, 2.24) is 4.72 Å². The zero-order valence-electron chi connectivity index (χ0n) is 10.8. The van der Waals surface area contributed by atoms with Gasteiger partial charge in [-0.25, -0.2) is 13.6 Å². The Morgan fingerprint density at radius 1 is 1.16 bits per heavy atom. The lowest BCUT2D eigenvalue weighted by atomic mass is 10.2. The van der Waals surface area contributed by atoms with Crippen LogP contribution in [0.25, 0.3) is 0 Å². The van der Waals surface area contributed by atoms with Crippen LogP contribution in [0.3, 0.4) is 0 Å². The van der Waals surface area contributed by atoms with Gasteiger partial charge < -0.3 is 0 Å². The molecule has 0 spiro atoms. The van der Waals surface area contributed by atoms with Crippen molar-refractivity contribution in [2.45, 2.75) is 31.7 Å². The highest BCUT2D eigenvalue weighted by atomic mass is 32.2. The van der Waals surface area contributed by atoms with Crippen LogP contribution in [0, 0.1) is 6.92 Å². The first-order chi connectivity index (χ1) is 8.51. The van der Waals surface area contributed by atoms with Gasteiger partial charge in [-0.3, -0.25) is 4.72 Å². The van der Waals surface area contributed by atoms with Gasteiger partial charge in [-0.2, -0.15) is 13.1 Å². The molecule has 0 aromatic heterocycles. The van der Waals surface area contributed by atoms with Crippen LogP contribution in [0.1, 0.15) is 19.4 Å². The van der Waals surface area contributed by atoms with Crippen LogP contribution in [-0.2, 0) is 20.2 Å². The van der Waals surface area contributed by atoms with Gasteiger partial charge in [0.1, 0.15) is 0 Å². The fourth-order valence-corrected chi connectivity index (χ4v) is 3.21. The molecule has 7 nitrogen and oxygen atoms in total. The van der Waals surface area contributed by atoms with Crippen LogP contribution in [-0.4, -0.2) is 22.9 Å². The molecule has 0 saturated heterocycles. The fourth-order valence-electron chi connectivity index (χ4n) is 1.41. The molecule has 0 unspecified atom stereocenters. The van der Waals surface area contributed by atoms with Gasteiger partial charge in [0, 0.05) is 6.04 Å². The smallest absolute Gasteiger partial charge is 0.271 e. The monoisotopic (exact) mass is 307 g/mol. The molecule has 1 rings (SSSR count). The molecule has 0 bridgehead atoms. The van der Waals surface area contributed by atoms with Gasteiger partial charge in [-0.15, -0.1) is 0 Å². The molecule has 19 heavy (non-hydrogen) atoms. The van der Waals surface area contributed by atoms with E-state index in [0.29, 0.717) is 11.3 Å². The van der Waals surface area contributed by atoms with Crippen LogP contribution < -0.4 is 14.6 Å². The first-order valence-electron chi connectivity index (χ1n) is 5.45. The molecule has 1 aromatic rings. The molecule has 0 aliphatic carbocycles. The Hall–Kier alpha value is -1.16. The van der Waals surface area contributed by atoms with E-state index >= 15 is 0 Å². The molecule has 4 N–H and O–H groups in total. The summed E-state index contributed by atoms with van der Waals surface area (Å²) in [6, 6.07) is 3.66. The predicted octanol–water partition coefficient (Wildman–Crippen LogP) is 0.297. The summed E-state index contributed by atoms with van der Waals surface area (Å²) in [4.78, 5) is -0.0650. The number of rotatable bonds is 5. The van der Waals surface area contributed by atoms with Crippen LogP contribution >= 0.6 is 0 Å². The van der Waals surface area contributed by atoms with E-state index < -0.39 is 20.2 Å². The zero-order valence-corrected chi connectivity index (χ0v) is 12.5. The minimum Gasteiger partial charge on any atom is -0.271 e. The van der Waals surface area contributed by atoms with Crippen LogP contribution in [0.15, 0.2) is 23.1 Å². The third-order valence-electron chi connectivity index (χ3n) is 2.16. The molecule has 0 radical (unpaired) electrons. The van der Waals surface area contributed by atoms with Crippen molar-refractivity contribution in [2.75, 3.05) is 4.72 Å². The summed E-state index contributed by atoms with van der Waals surface area (Å²) >= 11 is 0. The first-order valence-corrected chi connectivity index (χ1v) is 8.48. The number of hydrogen-bond donors (Lipinski definition) is 3. The molecular formula is C10H17N3O4S2. The number of benzene rings is 1. The quantitative estimate of drug-likeness (QED) is 0.724. The van der Waals surface area contributed by atoms with Gasteiger partial charge in [-0.05, 0) is 44.5 Å². The maximum atomic E-state index is 11.7. The fraction of sp³-hybridized carbons (Fsp3) is 0.400. The van der Waals surface area contributed by atoms with E-state index in [1.807, 2.05) is 0 Å². The molecule has 0 atom stereocenters. The Labute approximate surface area is 113 Å². The zero-order chi connectivity index (χ0) is 14.8. The van der Waals surface area contributed by atoms with Gasteiger partial charge in [0.15, 0.2) is 0 Å². The topological polar surface area (TPSA) is 118 Å². The molecule has 0 heterocycles. The third kappa shape index (κ3) is 4.78. The molecular weight excluding hydrogens is 290 g/mol. The van der Waals surface area contributed by atoms with Crippen molar-refractivity contribution in [2.24, 2.45) is 5.14 Å². The van der Waals surface area contributed by atoms with Gasteiger partial charge in [0.05, 0.1) is 10.6 Å². The van der Waals surface area contributed by atoms with Crippen molar-refractivity contribution in [3.05, 3.63) is 23.8 Å². The van der Waals surface area contributed by atoms with E-state index in [1.165, 1.54) is 18.2 Å². The Balaban J connectivity index is 3.06. The van der Waals surface area contributed by atoms with Crippen molar-refractivity contribution in [1.29, 1.82) is 0 Å². The lowest BCUT2D eigenvalue weighted by Gasteiger charge is -2.13. The van der Waals surface area contributed by atoms with Gasteiger partial charge in [0.25, 0.3) is 10.2 Å². The lowest BCUT2D eigenvalue weighted by Crippen LogP contribution is -2.35. The minimum atomic E-state index is -3.80. The highest BCUT2D eigenvalue weighted by Crippen LogP contribution is 2.19. The molecule has 0 aliphatic heterocycles. The average molecular weight is 307 g/mol. The van der Waals surface area contributed by atoms with Gasteiger partial charge >= 0.3 is 0 Å². The number of hydrogen-bond acceptors (Lipinski definition) is 4. The molecule has 0 fully saturated rings. The number of nitrogens with two attached hydrogens (primary N) is 1. The largest absolute Gasteiger partial charge is 0.299 e. The maximum Gasteiger partial charge on any atom is 0.299 e. The molecule has 0 aliphatic rings. The Kier molecular flexibility index (Phi) is 4.56. The summed E-state index contributed by atoms with van der Waals surface area (Å²) in [6.45, 7) is 4.97. The highest BCUT2D eigenvalue weighted by Gasteiger charge is 2.14. The second kappa shape index (κ2) is 5.45. The molecule has 108 valence electrons. The minimum absolute atomic E-state index is 0.0650. The van der Waals surface area contributed by atoms with E-state index in [0.717, 1.165) is 0 Å². The predicted molar refractivity (Wildman–Crippen MR) is 73.4 cm³/mol. The van der Waals surface area contributed by atoms with Crippen molar-refractivity contribution < 1.29 is 16.8 Å². The summed E-state index contributed by atoms with van der Waals surface area (Å²) in [5, 5.41) is 4.99. The van der Waals surface area contributed by atoms with E-state index in [2.05, 4.69) is 9.44 Å².